The van der Waals surface area contributed by atoms with Crippen LogP contribution in [0.2, 0.25) is 0 Å². The third-order valence-corrected chi connectivity index (χ3v) is 6.12. The molecule has 0 fully saturated rings. The monoisotopic (exact) mass is 474 g/mol. The minimum Gasteiger partial charge on any atom is -0.494 e. The number of aromatic hydroxyl groups is 1. The lowest BCUT2D eigenvalue weighted by molar-refractivity contribution is 0.127. The van der Waals surface area contributed by atoms with Crippen molar-refractivity contribution in [3.63, 3.8) is 0 Å². The van der Waals surface area contributed by atoms with Gasteiger partial charge in [-0.05, 0) is 41.3 Å². The van der Waals surface area contributed by atoms with Crippen molar-refractivity contribution in [1.82, 2.24) is 4.98 Å². The van der Waals surface area contributed by atoms with Crippen molar-refractivity contribution in [2.24, 2.45) is 5.16 Å². The first-order valence-electron chi connectivity index (χ1n) is 11.0. The van der Waals surface area contributed by atoms with Crippen LogP contribution >= 0.6 is 11.3 Å². The molecule has 0 saturated carbocycles. The zero-order valence-corrected chi connectivity index (χ0v) is 19.7. The van der Waals surface area contributed by atoms with Crippen molar-refractivity contribution in [2.45, 2.75) is 19.8 Å². The molecule has 174 valence electrons. The average Bonchev–Trinajstić information content (AvgIpc) is 3.19. The number of ether oxygens (including phenoxy) is 1. The fourth-order valence-electron chi connectivity index (χ4n) is 3.40. The highest BCUT2D eigenvalue weighted by Gasteiger charge is 2.07. The fraction of sp³-hybridized carbons (Fsp3) is 0.185. The summed E-state index contributed by atoms with van der Waals surface area (Å²) in [5, 5.41) is 13.9. The van der Waals surface area contributed by atoms with E-state index in [-0.39, 0.29) is 10.8 Å². The van der Waals surface area contributed by atoms with E-state index in [2.05, 4.69) is 46.5 Å². The van der Waals surface area contributed by atoms with E-state index < -0.39 is 0 Å². The van der Waals surface area contributed by atoms with E-state index in [1.54, 1.807) is 0 Å². The van der Waals surface area contributed by atoms with E-state index in [1.807, 2.05) is 49.4 Å². The molecule has 34 heavy (non-hydrogen) atoms. The van der Waals surface area contributed by atoms with Crippen LogP contribution in [0.4, 0.5) is 0 Å². The van der Waals surface area contributed by atoms with Crippen molar-refractivity contribution in [3.05, 3.63) is 105 Å². The van der Waals surface area contributed by atoms with Gasteiger partial charge in [0.25, 0.3) is 0 Å². The molecule has 0 aliphatic heterocycles. The summed E-state index contributed by atoms with van der Waals surface area (Å²) in [4.78, 5) is 19.5. The van der Waals surface area contributed by atoms with Crippen molar-refractivity contribution in [1.29, 1.82) is 0 Å². The number of oxime groups is 1. The lowest BCUT2D eigenvalue weighted by atomic mass is 10.0. The number of aromatic nitrogens is 1. The highest BCUT2D eigenvalue weighted by molar-refractivity contribution is 7.09. The Morgan fingerprint density at radius 2 is 1.65 bits per heavy atom. The molecule has 0 unspecified atom stereocenters. The normalized spacial score (nSPS) is 11.4. The molecule has 0 saturated heterocycles. The number of hydrogen-bond acceptors (Lipinski definition) is 6. The van der Waals surface area contributed by atoms with Crippen LogP contribution in [0.1, 0.15) is 29.3 Å². The Labute approximate surface area is 202 Å². The number of benzene rings is 3. The topological polar surface area (TPSA) is 83.9 Å². The second-order valence-corrected chi connectivity index (χ2v) is 8.83. The summed E-state index contributed by atoms with van der Waals surface area (Å²) in [5.41, 5.74) is 5.20. The van der Waals surface area contributed by atoms with Gasteiger partial charge in [-0.25, -0.2) is 0 Å². The van der Waals surface area contributed by atoms with E-state index in [9.17, 15) is 9.90 Å². The Balaban J connectivity index is 1.18. The molecule has 4 aromatic rings. The van der Waals surface area contributed by atoms with Crippen molar-refractivity contribution >= 4 is 17.0 Å². The molecule has 0 aliphatic carbocycles. The maximum atomic E-state index is 11.3. The van der Waals surface area contributed by atoms with Crippen LogP contribution in [0.5, 0.6) is 11.6 Å². The average molecular weight is 475 g/mol. The Bertz CT molecular complexity index is 1280. The molecular formula is C27H26N2O4S. The van der Waals surface area contributed by atoms with E-state index in [0.29, 0.717) is 30.9 Å². The standard InChI is InChI=1S/C27H26N2O4S/c1-19(21-10-12-23(13-11-21)22-6-3-2-4-7-22)29-33-17-5-16-32-24-14-8-20(9-15-24)18-25-26(30)28-27(31)34-25/h2-4,6-15,30H,5,16-18H2,1H3,(H,28,31)/b29-19+. The van der Waals surface area contributed by atoms with Crippen LogP contribution in [0, 0.1) is 0 Å². The van der Waals surface area contributed by atoms with Crippen molar-refractivity contribution in [3.8, 4) is 22.8 Å². The molecule has 0 aliphatic rings. The molecule has 6 nitrogen and oxygen atoms in total. The zero-order valence-electron chi connectivity index (χ0n) is 18.9. The molecule has 2 N–H and O–H groups in total. The Morgan fingerprint density at radius 3 is 2.32 bits per heavy atom. The number of rotatable bonds is 10. The van der Waals surface area contributed by atoms with Crippen LogP contribution in [-0.2, 0) is 11.3 Å². The summed E-state index contributed by atoms with van der Waals surface area (Å²) < 4.78 is 5.75. The lowest BCUT2D eigenvalue weighted by Crippen LogP contribution is -2.03. The zero-order chi connectivity index (χ0) is 23.8. The van der Waals surface area contributed by atoms with E-state index in [1.165, 1.54) is 11.1 Å². The van der Waals surface area contributed by atoms with Crippen molar-refractivity contribution in [2.75, 3.05) is 13.2 Å². The smallest absolute Gasteiger partial charge is 0.307 e. The predicted molar refractivity (Wildman–Crippen MR) is 136 cm³/mol. The van der Waals surface area contributed by atoms with Gasteiger partial charge in [-0.2, -0.15) is 0 Å². The van der Waals surface area contributed by atoms with E-state index in [0.717, 1.165) is 33.9 Å². The molecule has 0 radical (unpaired) electrons. The predicted octanol–water partition coefficient (Wildman–Crippen LogP) is 5.61. The number of thiazole rings is 1. The molecular weight excluding hydrogens is 448 g/mol. The van der Waals surface area contributed by atoms with Crippen LogP contribution < -0.4 is 9.61 Å². The third-order valence-electron chi connectivity index (χ3n) is 5.25. The fourth-order valence-corrected chi connectivity index (χ4v) is 4.16. The van der Waals surface area contributed by atoms with Gasteiger partial charge in [0, 0.05) is 12.8 Å². The second-order valence-electron chi connectivity index (χ2n) is 7.76. The molecule has 0 amide bonds. The number of nitrogens with zero attached hydrogens (tertiary/aromatic N) is 1. The molecule has 1 heterocycles. The van der Waals surface area contributed by atoms with Crippen molar-refractivity contribution < 1.29 is 14.7 Å². The van der Waals surface area contributed by atoms with E-state index in [4.69, 9.17) is 9.57 Å². The first-order valence-corrected chi connectivity index (χ1v) is 11.9. The maximum absolute atomic E-state index is 11.3. The Kier molecular flexibility index (Phi) is 7.78. The summed E-state index contributed by atoms with van der Waals surface area (Å²) in [6.07, 6.45) is 1.20. The van der Waals surface area contributed by atoms with Crippen LogP contribution in [0.15, 0.2) is 88.8 Å². The molecule has 7 heteroatoms. The van der Waals surface area contributed by atoms with Crippen LogP contribution in [0.25, 0.3) is 11.1 Å². The number of hydrogen-bond donors (Lipinski definition) is 2. The molecule has 0 bridgehead atoms. The first-order chi connectivity index (χ1) is 16.6. The summed E-state index contributed by atoms with van der Waals surface area (Å²) >= 11 is 1.02. The lowest BCUT2D eigenvalue weighted by Gasteiger charge is -2.07. The van der Waals surface area contributed by atoms with E-state index >= 15 is 0 Å². The summed E-state index contributed by atoms with van der Waals surface area (Å²) in [6.45, 7) is 2.91. The van der Waals surface area contributed by atoms with Gasteiger partial charge in [-0.3, -0.25) is 9.78 Å². The van der Waals surface area contributed by atoms with Gasteiger partial charge in [0.15, 0.2) is 0 Å². The molecule has 0 atom stereocenters. The largest absolute Gasteiger partial charge is 0.494 e. The SMILES string of the molecule is C/C(=N\OCCCOc1ccc(Cc2sc(=O)[nH]c2O)cc1)c1ccc(-c2ccccc2)cc1. The maximum Gasteiger partial charge on any atom is 0.307 e. The molecule has 3 aromatic carbocycles. The molecule has 1 aromatic heterocycles. The summed E-state index contributed by atoms with van der Waals surface area (Å²) in [5.74, 6) is 0.700. The number of aromatic amines is 1. The van der Waals surface area contributed by atoms with Crippen LogP contribution in [-0.4, -0.2) is 29.0 Å². The van der Waals surface area contributed by atoms with Gasteiger partial charge in [0.05, 0.1) is 17.2 Å². The quantitative estimate of drug-likeness (QED) is 0.178. The summed E-state index contributed by atoms with van der Waals surface area (Å²) in [7, 11) is 0. The van der Waals surface area contributed by atoms with Gasteiger partial charge in [-0.1, -0.05) is 83.2 Å². The number of nitrogens with one attached hydrogen (secondary N) is 1. The van der Waals surface area contributed by atoms with Gasteiger partial charge in [0.1, 0.15) is 12.4 Å². The van der Waals surface area contributed by atoms with Gasteiger partial charge >= 0.3 is 4.87 Å². The highest BCUT2D eigenvalue weighted by atomic mass is 32.1. The minimum atomic E-state index is -0.254. The summed E-state index contributed by atoms with van der Waals surface area (Å²) in [6, 6.07) is 26.1. The highest BCUT2D eigenvalue weighted by Crippen LogP contribution is 2.22. The van der Waals surface area contributed by atoms with Gasteiger partial charge in [0.2, 0.25) is 5.88 Å². The van der Waals surface area contributed by atoms with Gasteiger partial charge < -0.3 is 14.7 Å². The Hall–Kier alpha value is -3.84. The van der Waals surface area contributed by atoms with Gasteiger partial charge in [-0.15, -0.1) is 0 Å². The Morgan fingerprint density at radius 1 is 0.941 bits per heavy atom. The second kappa shape index (κ2) is 11.3. The number of H-pyrrole nitrogens is 1. The molecule has 0 spiro atoms. The minimum absolute atomic E-state index is 0.0579. The van der Waals surface area contributed by atoms with Crippen LogP contribution in [0.3, 0.4) is 0 Å². The molecule has 4 rings (SSSR count). The first kappa shape index (κ1) is 23.3. The third kappa shape index (κ3) is 6.36.